The van der Waals surface area contributed by atoms with E-state index in [4.69, 9.17) is 5.26 Å². The molecule has 1 aliphatic rings. The molecule has 3 unspecified atom stereocenters. The van der Waals surface area contributed by atoms with Crippen LogP contribution < -0.4 is 0 Å². The molecule has 86 valence electrons. The van der Waals surface area contributed by atoms with Crippen molar-refractivity contribution in [2.24, 2.45) is 11.8 Å². The molecule has 0 bridgehead atoms. The molecule has 0 radical (unpaired) electrons. The van der Waals surface area contributed by atoms with Crippen molar-refractivity contribution in [1.29, 1.82) is 5.26 Å². The second-order valence-corrected chi connectivity index (χ2v) is 4.55. The smallest absolute Gasteiger partial charge is 0.251 e. The minimum absolute atomic E-state index is 0.00718. The van der Waals surface area contributed by atoms with Gasteiger partial charge in [-0.15, -0.1) is 0 Å². The molecule has 1 aliphatic carbocycles. The van der Waals surface area contributed by atoms with Gasteiger partial charge in [0.25, 0.3) is 6.43 Å². The van der Waals surface area contributed by atoms with Crippen molar-refractivity contribution in [2.45, 2.75) is 38.7 Å². The second kappa shape index (κ2) is 5.41. The van der Waals surface area contributed by atoms with Crippen molar-refractivity contribution in [2.75, 3.05) is 13.6 Å². The van der Waals surface area contributed by atoms with Crippen LogP contribution in [0.2, 0.25) is 0 Å². The lowest BCUT2D eigenvalue weighted by molar-refractivity contribution is 0.0519. The van der Waals surface area contributed by atoms with Crippen LogP contribution in [0.1, 0.15) is 26.2 Å². The average Bonchev–Trinajstić information content (AvgIpc) is 2.16. The fourth-order valence-corrected chi connectivity index (χ4v) is 2.34. The van der Waals surface area contributed by atoms with E-state index in [1.807, 2.05) is 0 Å². The first-order valence-corrected chi connectivity index (χ1v) is 5.42. The molecule has 0 amide bonds. The van der Waals surface area contributed by atoms with E-state index < -0.39 is 6.43 Å². The Morgan fingerprint density at radius 2 is 2.13 bits per heavy atom. The molecule has 0 spiro atoms. The highest BCUT2D eigenvalue weighted by molar-refractivity contribution is 4.96. The van der Waals surface area contributed by atoms with Crippen molar-refractivity contribution in [3.63, 3.8) is 0 Å². The summed E-state index contributed by atoms with van der Waals surface area (Å²) in [6, 6.07) is 2.25. The summed E-state index contributed by atoms with van der Waals surface area (Å²) in [7, 11) is 1.69. The Hall–Kier alpha value is -0.690. The average molecular weight is 216 g/mol. The van der Waals surface area contributed by atoms with E-state index in [0.29, 0.717) is 5.92 Å². The van der Waals surface area contributed by atoms with Crippen molar-refractivity contribution in [3.05, 3.63) is 0 Å². The van der Waals surface area contributed by atoms with Crippen LogP contribution >= 0.6 is 0 Å². The summed E-state index contributed by atoms with van der Waals surface area (Å²) in [6.45, 7) is 1.90. The largest absolute Gasteiger partial charge is 0.297 e. The zero-order valence-corrected chi connectivity index (χ0v) is 9.29. The van der Waals surface area contributed by atoms with Gasteiger partial charge in [0.2, 0.25) is 0 Å². The Labute approximate surface area is 89.9 Å². The van der Waals surface area contributed by atoms with E-state index in [1.165, 1.54) is 0 Å². The van der Waals surface area contributed by atoms with E-state index >= 15 is 0 Å². The molecule has 1 saturated carbocycles. The van der Waals surface area contributed by atoms with Crippen molar-refractivity contribution >= 4 is 0 Å². The van der Waals surface area contributed by atoms with Gasteiger partial charge < -0.3 is 0 Å². The van der Waals surface area contributed by atoms with E-state index in [2.05, 4.69) is 13.0 Å². The van der Waals surface area contributed by atoms with E-state index in [1.54, 1.807) is 11.9 Å². The maximum atomic E-state index is 12.2. The molecule has 3 atom stereocenters. The van der Waals surface area contributed by atoms with Gasteiger partial charge >= 0.3 is 0 Å². The topological polar surface area (TPSA) is 27.0 Å². The number of nitrogens with zero attached hydrogens (tertiary/aromatic N) is 2. The Morgan fingerprint density at radius 3 is 2.67 bits per heavy atom. The SMILES string of the molecule is CC1CCC(C#N)C(N(C)CC(F)F)C1. The molecule has 0 heterocycles. The lowest BCUT2D eigenvalue weighted by Gasteiger charge is -2.37. The van der Waals surface area contributed by atoms with Crippen LogP contribution in [-0.4, -0.2) is 31.0 Å². The van der Waals surface area contributed by atoms with Gasteiger partial charge in [-0.2, -0.15) is 5.26 Å². The van der Waals surface area contributed by atoms with E-state index in [-0.39, 0.29) is 18.5 Å². The highest BCUT2D eigenvalue weighted by Crippen LogP contribution is 2.31. The van der Waals surface area contributed by atoms with Crippen LogP contribution in [0.3, 0.4) is 0 Å². The molecule has 0 aromatic heterocycles. The summed E-state index contributed by atoms with van der Waals surface area (Å²) in [5.74, 6) is 0.463. The predicted molar refractivity (Wildman–Crippen MR) is 54.5 cm³/mol. The van der Waals surface area contributed by atoms with Crippen molar-refractivity contribution < 1.29 is 8.78 Å². The summed E-state index contributed by atoms with van der Waals surface area (Å²) < 4.78 is 24.5. The van der Waals surface area contributed by atoms with Crippen LogP contribution in [0.25, 0.3) is 0 Å². The highest BCUT2D eigenvalue weighted by atomic mass is 19.3. The zero-order chi connectivity index (χ0) is 11.4. The molecule has 0 aromatic rings. The highest BCUT2D eigenvalue weighted by Gasteiger charge is 2.32. The summed E-state index contributed by atoms with van der Waals surface area (Å²) >= 11 is 0. The number of alkyl halides is 2. The van der Waals surface area contributed by atoms with Gasteiger partial charge in [0.1, 0.15) is 0 Å². The molecule has 1 rings (SSSR count). The van der Waals surface area contributed by atoms with Gasteiger partial charge in [0.15, 0.2) is 0 Å². The predicted octanol–water partition coefficient (Wildman–Crippen LogP) is 2.51. The fraction of sp³-hybridized carbons (Fsp3) is 0.909. The molecule has 15 heavy (non-hydrogen) atoms. The number of halogens is 2. The fourth-order valence-electron chi connectivity index (χ4n) is 2.34. The third-order valence-corrected chi connectivity index (χ3v) is 3.24. The summed E-state index contributed by atoms with van der Waals surface area (Å²) in [5, 5.41) is 8.97. The minimum atomic E-state index is -2.31. The van der Waals surface area contributed by atoms with Crippen LogP contribution in [0, 0.1) is 23.2 Å². The molecular weight excluding hydrogens is 198 g/mol. The summed E-state index contributed by atoms with van der Waals surface area (Å²) in [5.41, 5.74) is 0. The molecule has 0 N–H and O–H groups in total. The standard InChI is InChI=1S/C11H18F2N2/c1-8-3-4-9(6-14)10(5-8)15(2)7-11(12)13/h8-11H,3-5,7H2,1-2H3. The molecule has 4 heteroatoms. The molecule has 0 saturated heterocycles. The zero-order valence-electron chi connectivity index (χ0n) is 9.29. The van der Waals surface area contributed by atoms with Crippen LogP contribution in [0.15, 0.2) is 0 Å². The summed E-state index contributed by atoms with van der Waals surface area (Å²) in [4.78, 5) is 1.65. The maximum absolute atomic E-state index is 12.2. The van der Waals surface area contributed by atoms with Crippen LogP contribution in [0.5, 0.6) is 0 Å². The van der Waals surface area contributed by atoms with Gasteiger partial charge in [-0.05, 0) is 32.2 Å². The van der Waals surface area contributed by atoms with Crippen molar-refractivity contribution in [1.82, 2.24) is 4.90 Å². The number of hydrogen-bond acceptors (Lipinski definition) is 2. The van der Waals surface area contributed by atoms with Crippen molar-refractivity contribution in [3.8, 4) is 6.07 Å². The first-order valence-electron chi connectivity index (χ1n) is 5.42. The Morgan fingerprint density at radius 1 is 1.47 bits per heavy atom. The van der Waals surface area contributed by atoms with Gasteiger partial charge in [0, 0.05) is 6.04 Å². The third-order valence-electron chi connectivity index (χ3n) is 3.24. The molecule has 1 fully saturated rings. The van der Waals surface area contributed by atoms with Gasteiger partial charge in [-0.1, -0.05) is 6.92 Å². The second-order valence-electron chi connectivity index (χ2n) is 4.55. The van der Waals surface area contributed by atoms with Gasteiger partial charge in [-0.3, -0.25) is 4.90 Å². The van der Waals surface area contributed by atoms with Gasteiger partial charge in [0.05, 0.1) is 18.5 Å². The van der Waals surface area contributed by atoms with E-state index in [0.717, 1.165) is 19.3 Å². The Balaban J connectivity index is 2.58. The Bertz CT molecular complexity index is 237. The molecule has 2 nitrogen and oxygen atoms in total. The van der Waals surface area contributed by atoms with Crippen LogP contribution in [-0.2, 0) is 0 Å². The normalized spacial score (nSPS) is 31.9. The lowest BCUT2D eigenvalue weighted by atomic mass is 9.79. The number of rotatable bonds is 3. The molecule has 0 aromatic carbocycles. The molecular formula is C11H18F2N2. The molecule has 0 aliphatic heterocycles. The Kier molecular flexibility index (Phi) is 4.46. The monoisotopic (exact) mass is 216 g/mol. The minimum Gasteiger partial charge on any atom is -0.297 e. The maximum Gasteiger partial charge on any atom is 0.251 e. The lowest BCUT2D eigenvalue weighted by Crippen LogP contribution is -2.43. The first kappa shape index (κ1) is 12.4. The van der Waals surface area contributed by atoms with Crippen LogP contribution in [0.4, 0.5) is 8.78 Å². The number of hydrogen-bond donors (Lipinski definition) is 0. The third kappa shape index (κ3) is 3.42. The summed E-state index contributed by atoms with van der Waals surface area (Å²) in [6.07, 6.45) is 0.431. The van der Waals surface area contributed by atoms with E-state index in [9.17, 15) is 8.78 Å². The first-order chi connectivity index (χ1) is 7.04. The van der Waals surface area contributed by atoms with Gasteiger partial charge in [-0.25, -0.2) is 8.78 Å². The number of nitriles is 1. The quantitative estimate of drug-likeness (QED) is 0.724.